The number of allylic oxidation sites excluding steroid dienone is 2. The van der Waals surface area contributed by atoms with E-state index in [0.717, 1.165) is 12.8 Å². The van der Waals surface area contributed by atoms with Crippen LogP contribution >= 0.6 is 0 Å². The number of methoxy groups -OCH3 is 1. The Hall–Kier alpha value is -0.560. The van der Waals surface area contributed by atoms with Crippen LogP contribution in [-0.4, -0.2) is 13.2 Å². The van der Waals surface area contributed by atoms with E-state index in [4.69, 9.17) is 4.74 Å². The molecule has 0 radical (unpaired) electrons. The van der Waals surface area contributed by atoms with Gasteiger partial charge in [-0.25, -0.2) is 0 Å². The minimum absolute atomic E-state index is 0.315. The molecule has 1 nitrogen and oxygen atoms in total. The smallest absolute Gasteiger partial charge is 0.0789 e. The van der Waals surface area contributed by atoms with Gasteiger partial charge in [0.2, 0.25) is 0 Å². The molecule has 1 atom stereocenters. The molecule has 1 aliphatic rings. The second-order valence-corrected chi connectivity index (χ2v) is 2.50. The van der Waals surface area contributed by atoms with E-state index < -0.39 is 0 Å². The molecule has 0 N–H and O–H groups in total. The molecule has 0 unspecified atom stereocenters. The van der Waals surface area contributed by atoms with E-state index in [1.807, 2.05) is 0 Å². The van der Waals surface area contributed by atoms with Gasteiger partial charge in [0.25, 0.3) is 0 Å². The van der Waals surface area contributed by atoms with Gasteiger partial charge in [-0.3, -0.25) is 0 Å². The summed E-state index contributed by atoms with van der Waals surface area (Å²) in [7, 11) is 1.75. The zero-order valence-electron chi connectivity index (χ0n) is 6.63. The van der Waals surface area contributed by atoms with Crippen LogP contribution in [0.2, 0.25) is 0 Å². The summed E-state index contributed by atoms with van der Waals surface area (Å²) in [6.45, 7) is 2.17. The predicted molar refractivity (Wildman–Crippen MR) is 42.9 cm³/mol. The fourth-order valence-electron chi connectivity index (χ4n) is 1.08. The zero-order chi connectivity index (χ0) is 7.40. The topological polar surface area (TPSA) is 9.23 Å². The normalized spacial score (nSPS) is 24.6. The molecule has 0 saturated heterocycles. The minimum Gasteiger partial charge on any atom is -0.377 e. The van der Waals surface area contributed by atoms with E-state index in [-0.39, 0.29) is 0 Å². The van der Waals surface area contributed by atoms with Crippen molar-refractivity contribution in [2.75, 3.05) is 7.11 Å². The van der Waals surface area contributed by atoms with E-state index in [1.165, 1.54) is 5.57 Å². The first-order chi connectivity index (χ1) is 4.86. The quantitative estimate of drug-likeness (QED) is 0.569. The lowest BCUT2D eigenvalue weighted by Gasteiger charge is -2.13. The lowest BCUT2D eigenvalue weighted by Crippen LogP contribution is -2.07. The highest BCUT2D eigenvalue weighted by atomic mass is 16.5. The highest BCUT2D eigenvalue weighted by Crippen LogP contribution is 2.14. The Kier molecular flexibility index (Phi) is 2.69. The number of hydrogen-bond acceptors (Lipinski definition) is 1. The molecule has 10 heavy (non-hydrogen) atoms. The van der Waals surface area contributed by atoms with Crippen LogP contribution in [0, 0.1) is 0 Å². The Morgan fingerprint density at radius 2 is 2.50 bits per heavy atom. The summed E-state index contributed by atoms with van der Waals surface area (Å²) in [5, 5.41) is 0. The van der Waals surface area contributed by atoms with Crippen molar-refractivity contribution in [1.82, 2.24) is 0 Å². The average Bonchev–Trinajstić information content (AvgIpc) is 2.05. The zero-order valence-corrected chi connectivity index (χ0v) is 6.63. The third-order valence-corrected chi connectivity index (χ3v) is 1.85. The Morgan fingerprint density at radius 3 is 2.90 bits per heavy atom. The molecule has 0 aromatic rings. The molecule has 0 bridgehead atoms. The van der Waals surface area contributed by atoms with Crippen LogP contribution < -0.4 is 0 Å². The fourth-order valence-corrected chi connectivity index (χ4v) is 1.08. The maximum atomic E-state index is 5.15. The van der Waals surface area contributed by atoms with Gasteiger partial charge in [-0.1, -0.05) is 30.7 Å². The van der Waals surface area contributed by atoms with Gasteiger partial charge in [0.15, 0.2) is 0 Å². The molecule has 0 amide bonds. The Bertz CT molecular complexity index is 156. The van der Waals surface area contributed by atoms with Gasteiger partial charge in [-0.2, -0.15) is 0 Å². The summed E-state index contributed by atoms with van der Waals surface area (Å²) in [5.74, 6) is 0. The molecule has 1 rings (SSSR count). The Balaban J connectivity index is 2.46. The average molecular weight is 138 g/mol. The van der Waals surface area contributed by atoms with Gasteiger partial charge in [0.1, 0.15) is 0 Å². The first-order valence-electron chi connectivity index (χ1n) is 3.77. The van der Waals surface area contributed by atoms with Crippen molar-refractivity contribution in [3.8, 4) is 0 Å². The lowest BCUT2D eigenvalue weighted by atomic mass is 10.0. The summed E-state index contributed by atoms with van der Waals surface area (Å²) >= 11 is 0. The molecule has 0 fully saturated rings. The maximum absolute atomic E-state index is 5.15. The number of ether oxygens (including phenoxy) is 1. The van der Waals surface area contributed by atoms with Crippen LogP contribution in [0.1, 0.15) is 19.8 Å². The molecule has 0 spiro atoms. The molecule has 0 aliphatic heterocycles. The van der Waals surface area contributed by atoms with Gasteiger partial charge in [-0.15, -0.1) is 0 Å². The van der Waals surface area contributed by atoms with Crippen LogP contribution in [0.4, 0.5) is 0 Å². The van der Waals surface area contributed by atoms with Crippen molar-refractivity contribution in [2.45, 2.75) is 25.9 Å². The largest absolute Gasteiger partial charge is 0.377 e. The van der Waals surface area contributed by atoms with Gasteiger partial charge in [0, 0.05) is 7.11 Å². The SMILES string of the molecule is CCC1=CC[C@H](OC)C=C1. The number of rotatable bonds is 2. The molecule has 1 aliphatic carbocycles. The molecule has 0 aromatic heterocycles. The van der Waals surface area contributed by atoms with E-state index in [0.29, 0.717) is 6.10 Å². The lowest BCUT2D eigenvalue weighted by molar-refractivity contribution is 0.142. The van der Waals surface area contributed by atoms with Crippen LogP contribution in [0.5, 0.6) is 0 Å². The minimum atomic E-state index is 0.315. The van der Waals surface area contributed by atoms with Crippen molar-refractivity contribution in [2.24, 2.45) is 0 Å². The molecule has 56 valence electrons. The number of hydrogen-bond donors (Lipinski definition) is 0. The van der Waals surface area contributed by atoms with E-state index in [1.54, 1.807) is 7.11 Å². The van der Waals surface area contributed by atoms with Crippen molar-refractivity contribution >= 4 is 0 Å². The fraction of sp³-hybridized carbons (Fsp3) is 0.556. The summed E-state index contributed by atoms with van der Waals surface area (Å²) in [6, 6.07) is 0. The Labute approximate surface area is 62.4 Å². The highest BCUT2D eigenvalue weighted by molar-refractivity contribution is 5.23. The van der Waals surface area contributed by atoms with Crippen LogP contribution in [0.25, 0.3) is 0 Å². The maximum Gasteiger partial charge on any atom is 0.0789 e. The van der Waals surface area contributed by atoms with Crippen LogP contribution in [0.15, 0.2) is 23.8 Å². The second kappa shape index (κ2) is 3.57. The monoisotopic (exact) mass is 138 g/mol. The molecule has 0 aromatic carbocycles. The van der Waals surface area contributed by atoms with Crippen LogP contribution in [0.3, 0.4) is 0 Å². The standard InChI is InChI=1S/C9H14O/c1-3-8-4-6-9(10-2)7-5-8/h4-6,9H,3,7H2,1-2H3/t9-/m1/s1. The molecule has 0 heterocycles. The van der Waals surface area contributed by atoms with Crippen molar-refractivity contribution in [1.29, 1.82) is 0 Å². The molecule has 0 saturated carbocycles. The van der Waals surface area contributed by atoms with E-state index >= 15 is 0 Å². The molecule has 1 heteroatoms. The first-order valence-corrected chi connectivity index (χ1v) is 3.77. The Morgan fingerprint density at radius 1 is 1.70 bits per heavy atom. The van der Waals surface area contributed by atoms with Gasteiger partial charge in [-0.05, 0) is 12.8 Å². The summed E-state index contributed by atoms with van der Waals surface area (Å²) < 4.78 is 5.15. The van der Waals surface area contributed by atoms with Crippen molar-refractivity contribution in [3.63, 3.8) is 0 Å². The second-order valence-electron chi connectivity index (χ2n) is 2.50. The molecular formula is C9H14O. The third kappa shape index (κ3) is 1.71. The van der Waals surface area contributed by atoms with E-state index in [2.05, 4.69) is 25.2 Å². The van der Waals surface area contributed by atoms with Gasteiger partial charge < -0.3 is 4.74 Å². The third-order valence-electron chi connectivity index (χ3n) is 1.85. The predicted octanol–water partition coefficient (Wildman–Crippen LogP) is 2.30. The van der Waals surface area contributed by atoms with Crippen molar-refractivity contribution in [3.05, 3.63) is 23.8 Å². The highest BCUT2D eigenvalue weighted by Gasteiger charge is 2.04. The summed E-state index contributed by atoms with van der Waals surface area (Å²) in [5.41, 5.74) is 1.42. The van der Waals surface area contributed by atoms with E-state index in [9.17, 15) is 0 Å². The van der Waals surface area contributed by atoms with Crippen LogP contribution in [-0.2, 0) is 4.74 Å². The summed E-state index contributed by atoms with van der Waals surface area (Å²) in [4.78, 5) is 0. The van der Waals surface area contributed by atoms with Gasteiger partial charge >= 0.3 is 0 Å². The first kappa shape index (κ1) is 7.55. The summed E-state index contributed by atoms with van der Waals surface area (Å²) in [6.07, 6.45) is 9.00. The molecular weight excluding hydrogens is 124 g/mol. The van der Waals surface area contributed by atoms with Crippen molar-refractivity contribution < 1.29 is 4.74 Å². The van der Waals surface area contributed by atoms with Gasteiger partial charge in [0.05, 0.1) is 6.10 Å².